The van der Waals surface area contributed by atoms with Crippen molar-refractivity contribution in [2.45, 2.75) is 75.9 Å². The Balaban J connectivity index is 2.64. The van der Waals surface area contributed by atoms with Crippen molar-refractivity contribution in [2.75, 3.05) is 73.0 Å². The van der Waals surface area contributed by atoms with E-state index in [1.165, 1.54) is 0 Å². The molecule has 0 aromatic heterocycles. The van der Waals surface area contributed by atoms with Crippen LogP contribution in [0.3, 0.4) is 0 Å². The van der Waals surface area contributed by atoms with Gasteiger partial charge in [-0.25, -0.2) is 14.4 Å². The molecule has 3 atom stereocenters. The normalized spacial score (nSPS) is 17.6. The number of rotatable bonds is 21. The minimum absolute atomic E-state index is 0.00331. The van der Waals surface area contributed by atoms with E-state index in [2.05, 4.69) is 15.1 Å². The zero-order chi connectivity index (χ0) is 37.8. The first kappa shape index (κ1) is 43.8. The van der Waals surface area contributed by atoms with Crippen molar-refractivity contribution in [3.8, 4) is 0 Å². The Labute approximate surface area is 290 Å². The summed E-state index contributed by atoms with van der Waals surface area (Å²) in [7, 11) is 3.90. The summed E-state index contributed by atoms with van der Waals surface area (Å²) >= 11 is 0. The van der Waals surface area contributed by atoms with Gasteiger partial charge in [-0.05, 0) is 39.8 Å². The average Bonchev–Trinajstić information content (AvgIpc) is 3.02. The molecule has 0 saturated carbocycles. The summed E-state index contributed by atoms with van der Waals surface area (Å²) < 4.78 is 0. The van der Waals surface area contributed by atoms with Crippen molar-refractivity contribution >= 4 is 47.4 Å². The third-order valence-corrected chi connectivity index (χ3v) is 8.39. The van der Waals surface area contributed by atoms with Crippen LogP contribution < -0.4 is 10.6 Å². The third kappa shape index (κ3) is 19.1. The molecule has 0 aliphatic carbocycles. The number of aliphatic carboxylic acids is 5. The first-order chi connectivity index (χ1) is 23.5. The summed E-state index contributed by atoms with van der Waals surface area (Å²) in [5, 5.41) is 50.8. The fourth-order valence-electron chi connectivity index (χ4n) is 5.27. The van der Waals surface area contributed by atoms with Crippen molar-refractivity contribution in [2.24, 2.45) is 0 Å². The van der Waals surface area contributed by atoms with E-state index >= 15 is 0 Å². The number of hydrogen-bond donors (Lipinski definition) is 7. The molecule has 0 aromatic carbocycles. The van der Waals surface area contributed by atoms with Crippen LogP contribution in [0.25, 0.3) is 0 Å². The summed E-state index contributed by atoms with van der Waals surface area (Å²) in [5.74, 6) is -6.95. The van der Waals surface area contributed by atoms with Crippen LogP contribution in [0.2, 0.25) is 0 Å². The molecule has 1 rings (SSSR count). The topological polar surface area (TPSA) is 275 Å². The average molecular weight is 717 g/mol. The van der Waals surface area contributed by atoms with Gasteiger partial charge < -0.3 is 46.0 Å². The lowest BCUT2D eigenvalue weighted by Crippen LogP contribution is -2.51. The van der Waals surface area contributed by atoms with Crippen LogP contribution in [0.1, 0.15) is 57.8 Å². The second kappa shape index (κ2) is 23.2. The number of carboxylic acids is 5. The summed E-state index contributed by atoms with van der Waals surface area (Å²) in [4.78, 5) is 102. The molecule has 19 heteroatoms. The smallest absolute Gasteiger partial charge is 0.326 e. The Morgan fingerprint density at radius 3 is 1.46 bits per heavy atom. The highest BCUT2D eigenvalue weighted by molar-refractivity contribution is 5.87. The molecule has 1 unspecified atom stereocenters. The van der Waals surface area contributed by atoms with Crippen LogP contribution >= 0.6 is 0 Å². The Hall–Kier alpha value is -4.20. The molecule has 1 saturated heterocycles. The summed E-state index contributed by atoms with van der Waals surface area (Å²) in [5.41, 5.74) is 0. The highest BCUT2D eigenvalue weighted by atomic mass is 16.4. The third-order valence-electron chi connectivity index (χ3n) is 8.39. The summed E-state index contributed by atoms with van der Waals surface area (Å²) in [6, 6.07) is -5.24. The van der Waals surface area contributed by atoms with E-state index in [4.69, 9.17) is 10.2 Å². The number of ketones is 2. The second-order valence-corrected chi connectivity index (χ2v) is 12.5. The van der Waals surface area contributed by atoms with E-state index in [-0.39, 0.29) is 63.1 Å². The first-order valence-electron chi connectivity index (χ1n) is 16.5. The van der Waals surface area contributed by atoms with Gasteiger partial charge in [0.2, 0.25) is 0 Å². The van der Waals surface area contributed by atoms with Crippen molar-refractivity contribution in [1.29, 1.82) is 0 Å². The fourth-order valence-corrected chi connectivity index (χ4v) is 5.27. The van der Waals surface area contributed by atoms with Gasteiger partial charge in [-0.15, -0.1) is 0 Å². The minimum Gasteiger partial charge on any atom is -0.481 e. The molecule has 0 radical (unpaired) electrons. The van der Waals surface area contributed by atoms with Gasteiger partial charge in [0.15, 0.2) is 0 Å². The van der Waals surface area contributed by atoms with Gasteiger partial charge in [-0.2, -0.15) is 0 Å². The molecule has 19 nitrogen and oxygen atoms in total. The van der Waals surface area contributed by atoms with E-state index in [0.717, 1.165) is 13.1 Å². The Bertz CT molecular complexity index is 1190. The van der Waals surface area contributed by atoms with Crippen LogP contribution in [-0.4, -0.2) is 184 Å². The number of Topliss-reactive ketones (excluding diaryl/α,β-unsaturated/α-hetero) is 2. The number of urea groups is 1. The first-order valence-corrected chi connectivity index (χ1v) is 16.5. The predicted molar refractivity (Wildman–Crippen MR) is 176 cm³/mol. The number of hydrogen-bond acceptors (Lipinski definition) is 12. The maximum Gasteiger partial charge on any atom is 0.326 e. The summed E-state index contributed by atoms with van der Waals surface area (Å²) in [6.07, 6.45) is -1.47. The van der Waals surface area contributed by atoms with Crippen LogP contribution in [0.5, 0.6) is 0 Å². The monoisotopic (exact) mass is 716 g/mol. The van der Waals surface area contributed by atoms with E-state index in [9.17, 15) is 53.7 Å². The van der Waals surface area contributed by atoms with Gasteiger partial charge in [0.25, 0.3) is 0 Å². The minimum atomic E-state index is -1.57. The molecule has 284 valence electrons. The Morgan fingerprint density at radius 2 is 0.980 bits per heavy atom. The molecule has 50 heavy (non-hydrogen) atoms. The van der Waals surface area contributed by atoms with E-state index in [1.807, 2.05) is 19.4 Å². The molecular formula is C31H52N6O13. The number of carbonyl (C=O) groups is 8. The van der Waals surface area contributed by atoms with Crippen molar-refractivity contribution in [3.63, 3.8) is 0 Å². The van der Waals surface area contributed by atoms with Crippen LogP contribution in [0, 0.1) is 0 Å². The van der Waals surface area contributed by atoms with Gasteiger partial charge in [0.05, 0.1) is 6.54 Å². The lowest BCUT2D eigenvalue weighted by atomic mass is 10.0. The fraction of sp³-hybridized carbons (Fsp3) is 0.742. The Kier molecular flexibility index (Phi) is 20.4. The number of nitrogens with one attached hydrogen (secondary N) is 2. The maximum absolute atomic E-state index is 12.7. The number of carboxylic acid groups (broad SMARTS) is 5. The Morgan fingerprint density at radius 1 is 0.540 bits per heavy atom. The number of amides is 2. The molecule has 1 aliphatic rings. The largest absolute Gasteiger partial charge is 0.481 e. The molecule has 0 aromatic rings. The summed E-state index contributed by atoms with van der Waals surface area (Å²) in [6.45, 7) is 4.09. The standard InChI is InChI=1S/C31H52N6O13/c1-34-12-13-35(2)15-18-37(19-17-36(16-14-34)20-27(42)43)25(30(48)49)10-7-22(39)5-3-4-21(38)6-8-23(28(44)45)32-31(50)33-24(29(46)47)9-11-26(40)41/h23-25H,3-20H2,1-2H3,(H,40,41)(H,42,43)(H,44,45)(H,46,47)(H,48,49)(H2,32,33,50)/t23-,24-,25?/m0/s1. The van der Waals surface area contributed by atoms with E-state index < -0.39 is 66.8 Å². The molecule has 2 amide bonds. The molecule has 7 N–H and O–H groups in total. The predicted octanol–water partition coefficient (Wildman–Crippen LogP) is -1.06. The van der Waals surface area contributed by atoms with Crippen molar-refractivity contribution < 1.29 is 63.9 Å². The van der Waals surface area contributed by atoms with Gasteiger partial charge in [-0.3, -0.25) is 33.8 Å². The number of likely N-dealkylation sites (N-methyl/N-ethyl adjacent to an activating group) is 2. The van der Waals surface area contributed by atoms with E-state index in [0.29, 0.717) is 39.3 Å². The zero-order valence-electron chi connectivity index (χ0n) is 28.8. The number of nitrogens with zero attached hydrogens (tertiary/aromatic N) is 4. The lowest BCUT2D eigenvalue weighted by Gasteiger charge is -2.34. The molecule has 0 bridgehead atoms. The molecule has 1 aliphatic heterocycles. The molecular weight excluding hydrogens is 664 g/mol. The molecule has 1 heterocycles. The quantitative estimate of drug-likeness (QED) is 0.0746. The van der Waals surface area contributed by atoms with Crippen LogP contribution in [-0.2, 0) is 33.6 Å². The van der Waals surface area contributed by atoms with Crippen LogP contribution in [0.15, 0.2) is 0 Å². The number of carbonyl (C=O) groups excluding carboxylic acids is 3. The van der Waals surface area contributed by atoms with Gasteiger partial charge in [0.1, 0.15) is 29.7 Å². The highest BCUT2D eigenvalue weighted by Crippen LogP contribution is 2.13. The molecule has 1 fully saturated rings. The molecule has 0 spiro atoms. The van der Waals surface area contributed by atoms with Gasteiger partial charge >= 0.3 is 35.9 Å². The van der Waals surface area contributed by atoms with Gasteiger partial charge in [0, 0.05) is 84.5 Å². The lowest BCUT2D eigenvalue weighted by molar-refractivity contribution is -0.145. The van der Waals surface area contributed by atoms with Crippen LogP contribution in [0.4, 0.5) is 4.79 Å². The highest BCUT2D eigenvalue weighted by Gasteiger charge is 2.28. The second-order valence-electron chi connectivity index (χ2n) is 12.5. The van der Waals surface area contributed by atoms with Crippen molar-refractivity contribution in [3.05, 3.63) is 0 Å². The zero-order valence-corrected chi connectivity index (χ0v) is 28.8. The SMILES string of the molecule is CN1CCN(C)CCN(C(CCC(=O)CCCC(=O)CC[C@H](NC(=O)N[C@@H](CCC(=O)O)C(=O)O)C(=O)O)C(=O)O)CCN(CC(=O)O)CC1. The van der Waals surface area contributed by atoms with E-state index in [1.54, 1.807) is 9.80 Å². The van der Waals surface area contributed by atoms with Gasteiger partial charge in [-0.1, -0.05) is 0 Å². The maximum atomic E-state index is 12.7. The van der Waals surface area contributed by atoms with Crippen molar-refractivity contribution in [1.82, 2.24) is 30.2 Å².